The van der Waals surface area contributed by atoms with Crippen molar-refractivity contribution in [2.24, 2.45) is 5.73 Å². The standard InChI is InChI=1S/C24H28ClN3O5/c25-18-6-4-17(5-7-18)15-28-21-9-8-19(33-13-3-1-2-11-26)14-20(21)24(32)27(16-22(28)29)12-10-23(30)31/h4-9,14H,1-3,10-13,15-16,26H2,(H,30,31). The number of unbranched alkanes of at least 4 members (excludes halogenated alkanes) is 2. The highest BCUT2D eigenvalue weighted by Crippen LogP contribution is 2.31. The molecule has 8 nitrogen and oxygen atoms in total. The van der Waals surface area contributed by atoms with Crippen molar-refractivity contribution in [3.63, 3.8) is 0 Å². The normalized spacial score (nSPS) is 13.6. The lowest BCUT2D eigenvalue weighted by Crippen LogP contribution is -2.40. The van der Waals surface area contributed by atoms with E-state index in [1.807, 2.05) is 12.1 Å². The van der Waals surface area contributed by atoms with Gasteiger partial charge in [0.05, 0.1) is 30.8 Å². The number of rotatable bonds is 11. The fourth-order valence-corrected chi connectivity index (χ4v) is 3.73. The van der Waals surface area contributed by atoms with Gasteiger partial charge in [0, 0.05) is 11.6 Å². The summed E-state index contributed by atoms with van der Waals surface area (Å²) < 4.78 is 5.81. The molecule has 2 aromatic carbocycles. The van der Waals surface area contributed by atoms with Gasteiger partial charge in [0.25, 0.3) is 5.91 Å². The van der Waals surface area contributed by atoms with Crippen molar-refractivity contribution in [2.45, 2.75) is 32.2 Å². The second-order valence-electron chi connectivity index (χ2n) is 7.85. The number of ether oxygens (including phenoxy) is 1. The lowest BCUT2D eigenvalue weighted by molar-refractivity contribution is -0.137. The number of halogens is 1. The SMILES string of the molecule is NCCCCCOc1ccc2c(c1)C(=O)N(CCC(=O)O)CC(=O)N2Cc1ccc(Cl)cc1. The van der Waals surface area contributed by atoms with Crippen molar-refractivity contribution in [1.82, 2.24) is 4.90 Å². The van der Waals surface area contributed by atoms with Crippen LogP contribution in [0.5, 0.6) is 5.75 Å². The van der Waals surface area contributed by atoms with Crippen molar-refractivity contribution in [3.8, 4) is 5.75 Å². The van der Waals surface area contributed by atoms with Gasteiger partial charge < -0.3 is 25.4 Å². The summed E-state index contributed by atoms with van der Waals surface area (Å²) >= 11 is 5.98. The van der Waals surface area contributed by atoms with E-state index in [4.69, 9.17) is 27.2 Å². The summed E-state index contributed by atoms with van der Waals surface area (Å²) in [6.07, 6.45) is 2.47. The number of amides is 2. The summed E-state index contributed by atoms with van der Waals surface area (Å²) in [5.74, 6) is -1.20. The molecule has 1 heterocycles. The summed E-state index contributed by atoms with van der Waals surface area (Å²) in [6.45, 7) is 1.12. The van der Waals surface area contributed by atoms with Crippen LogP contribution in [0.25, 0.3) is 0 Å². The number of aliphatic carboxylic acids is 1. The molecule has 0 fully saturated rings. The molecule has 3 N–H and O–H groups in total. The minimum atomic E-state index is -1.03. The number of benzene rings is 2. The predicted octanol–water partition coefficient (Wildman–Crippen LogP) is 3.31. The molecule has 3 rings (SSSR count). The van der Waals surface area contributed by atoms with E-state index in [0.717, 1.165) is 24.8 Å². The highest BCUT2D eigenvalue weighted by atomic mass is 35.5. The van der Waals surface area contributed by atoms with E-state index >= 15 is 0 Å². The zero-order valence-electron chi connectivity index (χ0n) is 18.3. The van der Waals surface area contributed by atoms with Crippen LogP contribution >= 0.6 is 11.6 Å². The second-order valence-corrected chi connectivity index (χ2v) is 8.29. The fourth-order valence-electron chi connectivity index (χ4n) is 3.61. The van der Waals surface area contributed by atoms with Gasteiger partial charge in [-0.3, -0.25) is 14.4 Å². The van der Waals surface area contributed by atoms with Gasteiger partial charge in [0.1, 0.15) is 12.3 Å². The van der Waals surface area contributed by atoms with Crippen LogP contribution in [0.4, 0.5) is 5.69 Å². The fraction of sp³-hybridized carbons (Fsp3) is 0.375. The van der Waals surface area contributed by atoms with E-state index in [-0.39, 0.29) is 32.0 Å². The Hall–Kier alpha value is -3.10. The highest BCUT2D eigenvalue weighted by molar-refractivity contribution is 6.30. The van der Waals surface area contributed by atoms with Crippen LogP contribution < -0.4 is 15.4 Å². The number of nitrogens with zero attached hydrogens (tertiary/aromatic N) is 2. The molecule has 0 radical (unpaired) electrons. The Bertz CT molecular complexity index is 996. The quantitative estimate of drug-likeness (QED) is 0.484. The summed E-state index contributed by atoms with van der Waals surface area (Å²) in [6, 6.07) is 12.2. The topological polar surface area (TPSA) is 113 Å². The molecule has 0 atom stereocenters. The number of carbonyl (C=O) groups is 3. The van der Waals surface area contributed by atoms with Crippen LogP contribution in [0.2, 0.25) is 5.02 Å². The van der Waals surface area contributed by atoms with Crippen LogP contribution in [-0.2, 0) is 16.1 Å². The molecule has 9 heteroatoms. The first-order valence-electron chi connectivity index (χ1n) is 10.9. The monoisotopic (exact) mass is 473 g/mol. The number of carboxylic acids is 1. The van der Waals surface area contributed by atoms with E-state index in [0.29, 0.717) is 35.2 Å². The molecular weight excluding hydrogens is 446 g/mol. The van der Waals surface area contributed by atoms with Gasteiger partial charge >= 0.3 is 5.97 Å². The third-order valence-electron chi connectivity index (χ3n) is 5.37. The molecule has 0 saturated heterocycles. The van der Waals surface area contributed by atoms with E-state index in [9.17, 15) is 14.4 Å². The van der Waals surface area contributed by atoms with Gasteiger partial charge in [-0.25, -0.2) is 0 Å². The maximum absolute atomic E-state index is 13.3. The van der Waals surface area contributed by atoms with Gasteiger partial charge in [0.15, 0.2) is 0 Å². The first kappa shape index (κ1) is 24.5. The van der Waals surface area contributed by atoms with Gasteiger partial charge in [-0.2, -0.15) is 0 Å². The number of anilines is 1. The maximum atomic E-state index is 13.3. The first-order valence-corrected chi connectivity index (χ1v) is 11.3. The predicted molar refractivity (Wildman–Crippen MR) is 126 cm³/mol. The molecule has 2 aromatic rings. The molecule has 0 aliphatic carbocycles. The Morgan fingerprint density at radius 3 is 2.55 bits per heavy atom. The average molecular weight is 474 g/mol. The third-order valence-corrected chi connectivity index (χ3v) is 5.62. The number of fused-ring (bicyclic) bond motifs is 1. The highest BCUT2D eigenvalue weighted by Gasteiger charge is 2.32. The van der Waals surface area contributed by atoms with E-state index < -0.39 is 11.9 Å². The largest absolute Gasteiger partial charge is 0.494 e. The smallest absolute Gasteiger partial charge is 0.305 e. The zero-order valence-corrected chi connectivity index (χ0v) is 19.1. The average Bonchev–Trinajstić information content (AvgIpc) is 2.89. The summed E-state index contributed by atoms with van der Waals surface area (Å²) in [5.41, 5.74) is 7.14. The van der Waals surface area contributed by atoms with Crippen molar-refractivity contribution in [1.29, 1.82) is 0 Å². The molecule has 2 amide bonds. The van der Waals surface area contributed by atoms with Crippen molar-refractivity contribution in [3.05, 3.63) is 58.6 Å². The third kappa shape index (κ3) is 6.69. The van der Waals surface area contributed by atoms with E-state index in [1.54, 1.807) is 35.2 Å². The number of nitrogens with two attached hydrogens (primary N) is 1. The second kappa shape index (κ2) is 11.7. The Kier molecular flexibility index (Phi) is 8.68. The molecule has 0 unspecified atom stereocenters. The molecular formula is C24H28ClN3O5. The zero-order chi connectivity index (χ0) is 23.8. The first-order chi connectivity index (χ1) is 15.9. The summed E-state index contributed by atoms with van der Waals surface area (Å²) in [5, 5.41) is 9.65. The van der Waals surface area contributed by atoms with Crippen LogP contribution in [0.3, 0.4) is 0 Å². The van der Waals surface area contributed by atoms with Gasteiger partial charge in [-0.05, 0) is 61.7 Å². The molecule has 176 valence electrons. The summed E-state index contributed by atoms with van der Waals surface area (Å²) in [7, 11) is 0. The number of carboxylic acid groups (broad SMARTS) is 1. The lowest BCUT2D eigenvalue weighted by atomic mass is 10.1. The molecule has 0 bridgehead atoms. The van der Waals surface area contributed by atoms with Crippen molar-refractivity contribution in [2.75, 3.05) is 31.1 Å². The molecule has 33 heavy (non-hydrogen) atoms. The van der Waals surface area contributed by atoms with Crippen molar-refractivity contribution < 1.29 is 24.2 Å². The summed E-state index contributed by atoms with van der Waals surface area (Å²) in [4.78, 5) is 40.3. The number of hydrogen-bond acceptors (Lipinski definition) is 5. The molecule has 0 spiro atoms. The van der Waals surface area contributed by atoms with Crippen molar-refractivity contribution >= 4 is 35.1 Å². The Labute approximate surface area is 197 Å². The van der Waals surface area contributed by atoms with Crippen LogP contribution in [-0.4, -0.2) is 54.0 Å². The lowest BCUT2D eigenvalue weighted by Gasteiger charge is -2.23. The minimum absolute atomic E-state index is 0.0572. The number of carbonyl (C=O) groups excluding carboxylic acids is 2. The van der Waals surface area contributed by atoms with E-state index in [1.165, 1.54) is 4.90 Å². The molecule has 1 aliphatic rings. The Balaban J connectivity index is 1.89. The van der Waals surface area contributed by atoms with Crippen LogP contribution in [0.15, 0.2) is 42.5 Å². The minimum Gasteiger partial charge on any atom is -0.494 e. The van der Waals surface area contributed by atoms with Gasteiger partial charge in [0.2, 0.25) is 5.91 Å². The van der Waals surface area contributed by atoms with Gasteiger partial charge in [-0.15, -0.1) is 0 Å². The van der Waals surface area contributed by atoms with E-state index in [2.05, 4.69) is 0 Å². The molecule has 1 aliphatic heterocycles. The Morgan fingerprint density at radius 1 is 1.09 bits per heavy atom. The van der Waals surface area contributed by atoms with Crippen LogP contribution in [0.1, 0.15) is 41.6 Å². The number of hydrogen-bond donors (Lipinski definition) is 2. The molecule has 0 aromatic heterocycles. The van der Waals surface area contributed by atoms with Gasteiger partial charge in [-0.1, -0.05) is 23.7 Å². The maximum Gasteiger partial charge on any atom is 0.305 e. The van der Waals surface area contributed by atoms with Crippen LogP contribution in [0, 0.1) is 0 Å². The Morgan fingerprint density at radius 2 is 1.85 bits per heavy atom. The molecule has 0 saturated carbocycles.